The summed E-state index contributed by atoms with van der Waals surface area (Å²) >= 11 is 0. The minimum absolute atomic E-state index is 0.0448. The van der Waals surface area contributed by atoms with E-state index in [-0.39, 0.29) is 11.9 Å². The van der Waals surface area contributed by atoms with E-state index in [0.29, 0.717) is 31.0 Å². The summed E-state index contributed by atoms with van der Waals surface area (Å²) in [6.45, 7) is 1.22. The molecule has 1 aliphatic heterocycles. The zero-order valence-electron chi connectivity index (χ0n) is 14.3. The van der Waals surface area contributed by atoms with Crippen molar-refractivity contribution in [2.45, 2.75) is 19.1 Å². The molecule has 0 radical (unpaired) electrons. The van der Waals surface area contributed by atoms with E-state index in [4.69, 9.17) is 14.3 Å². The number of hydrogen-bond donors (Lipinski definition) is 1. The van der Waals surface area contributed by atoms with Gasteiger partial charge in [-0.05, 0) is 35.9 Å². The van der Waals surface area contributed by atoms with Gasteiger partial charge in [0.15, 0.2) is 11.5 Å². The zero-order valence-corrected chi connectivity index (χ0v) is 14.3. The highest BCUT2D eigenvalue weighted by Crippen LogP contribution is 2.29. The molecule has 0 amide bonds. The Morgan fingerprint density at radius 2 is 2.00 bits per heavy atom. The van der Waals surface area contributed by atoms with Crippen LogP contribution >= 0.6 is 0 Å². The number of ether oxygens (including phenoxy) is 2. The summed E-state index contributed by atoms with van der Waals surface area (Å²) in [4.78, 5) is 5.49. The van der Waals surface area contributed by atoms with Gasteiger partial charge in [-0.1, -0.05) is 17.3 Å². The Balaban J connectivity index is 1.53. The van der Waals surface area contributed by atoms with Gasteiger partial charge < -0.3 is 19.6 Å². The number of benzene rings is 2. The molecule has 1 N–H and O–H groups in total. The maximum Gasteiger partial charge on any atom is 0.161 e. The first-order chi connectivity index (χ1) is 12.2. The van der Waals surface area contributed by atoms with Gasteiger partial charge in [0.2, 0.25) is 0 Å². The molecule has 1 atom stereocenters. The Labute approximate surface area is 146 Å². The summed E-state index contributed by atoms with van der Waals surface area (Å²) < 4.78 is 23.7. The summed E-state index contributed by atoms with van der Waals surface area (Å²) in [5, 5.41) is 7.45. The van der Waals surface area contributed by atoms with Gasteiger partial charge in [0.1, 0.15) is 11.9 Å². The summed E-state index contributed by atoms with van der Waals surface area (Å²) in [6, 6.07) is 12.2. The molecule has 6 heteroatoms. The van der Waals surface area contributed by atoms with Crippen LogP contribution in [0.4, 0.5) is 4.39 Å². The van der Waals surface area contributed by atoms with E-state index in [1.54, 1.807) is 20.3 Å². The highest BCUT2D eigenvalue weighted by atomic mass is 19.1. The minimum atomic E-state index is -0.226. The third kappa shape index (κ3) is 4.28. The van der Waals surface area contributed by atoms with Crippen molar-refractivity contribution in [3.63, 3.8) is 0 Å². The van der Waals surface area contributed by atoms with E-state index >= 15 is 0 Å². The molecule has 25 heavy (non-hydrogen) atoms. The van der Waals surface area contributed by atoms with Crippen LogP contribution in [0.5, 0.6) is 11.5 Å². The van der Waals surface area contributed by atoms with Gasteiger partial charge in [0, 0.05) is 25.1 Å². The maximum atomic E-state index is 13.2. The Bertz CT molecular complexity index is 764. The lowest BCUT2D eigenvalue weighted by atomic mass is 10.0. The molecule has 132 valence electrons. The van der Waals surface area contributed by atoms with Crippen LogP contribution in [0.25, 0.3) is 0 Å². The van der Waals surface area contributed by atoms with Crippen molar-refractivity contribution in [3.05, 3.63) is 59.4 Å². The fourth-order valence-electron chi connectivity index (χ4n) is 2.75. The molecule has 0 spiro atoms. The topological polar surface area (TPSA) is 52.1 Å². The lowest BCUT2D eigenvalue weighted by Gasteiger charge is -2.10. The Hall–Kier alpha value is -2.60. The Morgan fingerprint density at radius 1 is 1.16 bits per heavy atom. The summed E-state index contributed by atoms with van der Waals surface area (Å²) in [5.41, 5.74) is 2.72. The molecule has 0 fully saturated rings. The van der Waals surface area contributed by atoms with Gasteiger partial charge in [-0.25, -0.2) is 4.39 Å². The SMILES string of the molecule is COc1ccc(C2=NO[C@@H](CNCc3cccc(F)c3)C2)cc1OC. The largest absolute Gasteiger partial charge is 0.493 e. The van der Waals surface area contributed by atoms with E-state index in [9.17, 15) is 4.39 Å². The normalized spacial score (nSPS) is 16.3. The molecule has 1 aliphatic rings. The van der Waals surface area contributed by atoms with Gasteiger partial charge in [-0.3, -0.25) is 0 Å². The smallest absolute Gasteiger partial charge is 0.161 e. The van der Waals surface area contributed by atoms with Crippen LogP contribution in [0.3, 0.4) is 0 Å². The molecule has 1 heterocycles. The second kappa shape index (κ2) is 7.98. The lowest BCUT2D eigenvalue weighted by Crippen LogP contribution is -2.26. The predicted molar refractivity (Wildman–Crippen MR) is 93.7 cm³/mol. The van der Waals surface area contributed by atoms with Crippen LogP contribution in [0.15, 0.2) is 47.6 Å². The van der Waals surface area contributed by atoms with E-state index in [0.717, 1.165) is 16.8 Å². The van der Waals surface area contributed by atoms with Gasteiger partial charge in [-0.2, -0.15) is 0 Å². The summed E-state index contributed by atoms with van der Waals surface area (Å²) in [6.07, 6.45) is 0.655. The molecule has 5 nitrogen and oxygen atoms in total. The Kier molecular flexibility index (Phi) is 5.50. The zero-order chi connectivity index (χ0) is 17.6. The average Bonchev–Trinajstić information content (AvgIpc) is 3.10. The number of halogens is 1. The van der Waals surface area contributed by atoms with E-state index in [2.05, 4.69) is 10.5 Å². The first kappa shape index (κ1) is 17.2. The molecule has 0 saturated heterocycles. The number of methoxy groups -OCH3 is 2. The molecular formula is C19H21FN2O3. The number of oxime groups is 1. The van der Waals surface area contributed by atoms with Crippen molar-refractivity contribution in [2.75, 3.05) is 20.8 Å². The molecule has 3 rings (SSSR count). The molecule has 0 aromatic heterocycles. The summed E-state index contributed by atoms with van der Waals surface area (Å²) in [7, 11) is 3.21. The van der Waals surface area contributed by atoms with Crippen LogP contribution < -0.4 is 14.8 Å². The van der Waals surface area contributed by atoms with Crippen molar-refractivity contribution in [3.8, 4) is 11.5 Å². The number of nitrogens with zero attached hydrogens (tertiary/aromatic N) is 1. The van der Waals surface area contributed by atoms with Crippen LogP contribution in [0.2, 0.25) is 0 Å². The van der Waals surface area contributed by atoms with Crippen LogP contribution in [0.1, 0.15) is 17.5 Å². The minimum Gasteiger partial charge on any atom is -0.493 e. The summed E-state index contributed by atoms with van der Waals surface area (Å²) in [5.74, 6) is 1.12. The lowest BCUT2D eigenvalue weighted by molar-refractivity contribution is 0.0848. The monoisotopic (exact) mass is 344 g/mol. The van der Waals surface area contributed by atoms with Crippen LogP contribution in [-0.2, 0) is 11.4 Å². The molecule has 2 aromatic carbocycles. The molecule has 0 aliphatic carbocycles. The Morgan fingerprint density at radius 3 is 2.76 bits per heavy atom. The predicted octanol–water partition coefficient (Wildman–Crippen LogP) is 3.13. The number of rotatable bonds is 7. The van der Waals surface area contributed by atoms with Crippen molar-refractivity contribution in [1.82, 2.24) is 5.32 Å². The van der Waals surface area contributed by atoms with E-state index in [1.807, 2.05) is 24.3 Å². The van der Waals surface area contributed by atoms with Crippen molar-refractivity contribution in [2.24, 2.45) is 5.16 Å². The first-order valence-corrected chi connectivity index (χ1v) is 8.10. The van der Waals surface area contributed by atoms with Gasteiger partial charge in [-0.15, -0.1) is 0 Å². The second-order valence-corrected chi connectivity index (χ2v) is 5.80. The number of nitrogens with one attached hydrogen (secondary N) is 1. The number of hydrogen-bond acceptors (Lipinski definition) is 5. The van der Waals surface area contributed by atoms with Crippen LogP contribution in [0, 0.1) is 5.82 Å². The second-order valence-electron chi connectivity index (χ2n) is 5.80. The third-order valence-corrected chi connectivity index (χ3v) is 4.04. The van der Waals surface area contributed by atoms with Gasteiger partial charge in [0.25, 0.3) is 0 Å². The quantitative estimate of drug-likeness (QED) is 0.838. The van der Waals surface area contributed by atoms with Crippen molar-refractivity contribution < 1.29 is 18.7 Å². The highest BCUT2D eigenvalue weighted by molar-refractivity contribution is 6.01. The molecule has 0 bridgehead atoms. The maximum absolute atomic E-state index is 13.2. The molecular weight excluding hydrogens is 323 g/mol. The van der Waals surface area contributed by atoms with E-state index < -0.39 is 0 Å². The molecule has 2 aromatic rings. The van der Waals surface area contributed by atoms with Crippen LogP contribution in [-0.4, -0.2) is 32.6 Å². The fraction of sp³-hybridized carbons (Fsp3) is 0.316. The highest BCUT2D eigenvalue weighted by Gasteiger charge is 2.22. The van der Waals surface area contributed by atoms with E-state index in [1.165, 1.54) is 12.1 Å². The van der Waals surface area contributed by atoms with Gasteiger partial charge >= 0.3 is 0 Å². The van der Waals surface area contributed by atoms with Crippen molar-refractivity contribution in [1.29, 1.82) is 0 Å². The van der Waals surface area contributed by atoms with Gasteiger partial charge in [0.05, 0.1) is 19.9 Å². The van der Waals surface area contributed by atoms with Crippen molar-refractivity contribution >= 4 is 5.71 Å². The average molecular weight is 344 g/mol. The molecule has 0 unspecified atom stereocenters. The molecule has 0 saturated carbocycles. The fourth-order valence-corrected chi connectivity index (χ4v) is 2.75. The third-order valence-electron chi connectivity index (χ3n) is 4.04. The first-order valence-electron chi connectivity index (χ1n) is 8.10. The standard InChI is InChI=1S/C19H21FN2O3/c1-23-18-7-6-14(9-19(18)24-2)17-10-16(25-22-17)12-21-11-13-4-3-5-15(20)8-13/h3-9,16,21H,10-12H2,1-2H3/t16-/m1/s1.